The highest BCUT2D eigenvalue weighted by molar-refractivity contribution is 5.74. The van der Waals surface area contributed by atoms with Gasteiger partial charge in [0.15, 0.2) is 0 Å². The Morgan fingerprint density at radius 2 is 1.52 bits per heavy atom. The summed E-state index contributed by atoms with van der Waals surface area (Å²) in [6, 6.07) is 0. The number of ether oxygens (including phenoxy) is 1. The standard InChI is InChI=1S/C23H34O2/c1-23(2,3)25-22(24)21-17-12-16(18(21)13-7-5-4-6-8-13)19-14-9-10-15(11-14)20(17)19/h9-10,13-21H,4-8,11-12H2,1-3H3. The van der Waals surface area contributed by atoms with Crippen molar-refractivity contribution in [3.63, 3.8) is 0 Å². The highest BCUT2D eigenvalue weighted by atomic mass is 16.6. The van der Waals surface area contributed by atoms with Crippen molar-refractivity contribution in [1.82, 2.24) is 0 Å². The summed E-state index contributed by atoms with van der Waals surface area (Å²) in [7, 11) is 0. The van der Waals surface area contributed by atoms with Crippen molar-refractivity contribution >= 4 is 5.97 Å². The minimum atomic E-state index is -0.357. The summed E-state index contributed by atoms with van der Waals surface area (Å²) in [5.41, 5.74) is -0.357. The van der Waals surface area contributed by atoms with Crippen LogP contribution in [0.2, 0.25) is 0 Å². The summed E-state index contributed by atoms with van der Waals surface area (Å²) >= 11 is 0. The summed E-state index contributed by atoms with van der Waals surface area (Å²) in [6.45, 7) is 6.07. The molecular weight excluding hydrogens is 308 g/mol. The Morgan fingerprint density at radius 3 is 2.16 bits per heavy atom. The summed E-state index contributed by atoms with van der Waals surface area (Å²) in [6.07, 6.45) is 14.5. The van der Waals surface area contributed by atoms with Gasteiger partial charge in [-0.25, -0.2) is 0 Å². The highest BCUT2D eigenvalue weighted by Crippen LogP contribution is 2.70. The molecule has 4 saturated carbocycles. The van der Waals surface area contributed by atoms with Crippen molar-refractivity contribution in [3.8, 4) is 0 Å². The lowest BCUT2D eigenvalue weighted by Gasteiger charge is -2.45. The van der Waals surface area contributed by atoms with E-state index in [9.17, 15) is 4.79 Å². The van der Waals surface area contributed by atoms with Crippen LogP contribution in [0.3, 0.4) is 0 Å². The predicted octanol–water partition coefficient (Wildman–Crippen LogP) is 5.23. The second-order valence-corrected chi connectivity index (χ2v) is 10.7. The lowest BCUT2D eigenvalue weighted by molar-refractivity contribution is -0.167. The van der Waals surface area contributed by atoms with E-state index in [4.69, 9.17) is 4.74 Å². The Balaban J connectivity index is 1.46. The monoisotopic (exact) mass is 342 g/mol. The minimum Gasteiger partial charge on any atom is -0.460 e. The molecule has 0 N–H and O–H groups in total. The molecule has 0 aromatic heterocycles. The quantitative estimate of drug-likeness (QED) is 0.390. The average Bonchev–Trinajstić information content (AvgIpc) is 3.31. The van der Waals surface area contributed by atoms with Crippen molar-refractivity contribution in [1.29, 1.82) is 0 Å². The van der Waals surface area contributed by atoms with E-state index in [0.29, 0.717) is 11.8 Å². The Bertz CT molecular complexity index is 579. The smallest absolute Gasteiger partial charge is 0.310 e. The van der Waals surface area contributed by atoms with Crippen LogP contribution in [-0.2, 0) is 9.53 Å². The van der Waals surface area contributed by atoms with E-state index in [2.05, 4.69) is 12.2 Å². The summed E-state index contributed by atoms with van der Waals surface area (Å²) < 4.78 is 5.97. The fraction of sp³-hybridized carbons (Fsp3) is 0.870. The minimum absolute atomic E-state index is 0.140. The Morgan fingerprint density at radius 1 is 0.880 bits per heavy atom. The Hall–Kier alpha value is -0.790. The van der Waals surface area contributed by atoms with Gasteiger partial charge in [0.05, 0.1) is 5.92 Å². The molecule has 0 aromatic carbocycles. The van der Waals surface area contributed by atoms with Gasteiger partial charge in [0.2, 0.25) is 0 Å². The first-order valence-electron chi connectivity index (χ1n) is 10.9. The lowest BCUT2D eigenvalue weighted by atomic mass is 9.60. The normalized spacial score (nSPS) is 48.1. The van der Waals surface area contributed by atoms with Gasteiger partial charge in [-0.15, -0.1) is 0 Å². The topological polar surface area (TPSA) is 26.3 Å². The van der Waals surface area contributed by atoms with Crippen LogP contribution < -0.4 is 0 Å². The fourth-order valence-electron chi connectivity index (χ4n) is 7.95. The van der Waals surface area contributed by atoms with Crippen molar-refractivity contribution in [2.75, 3.05) is 0 Å². The molecule has 0 spiro atoms. The van der Waals surface area contributed by atoms with Crippen LogP contribution in [0.1, 0.15) is 65.7 Å². The molecule has 4 fully saturated rings. The first-order valence-corrected chi connectivity index (χ1v) is 10.9. The summed E-state index contributed by atoms with van der Waals surface area (Å²) in [4.78, 5) is 13.3. The maximum absolute atomic E-state index is 13.3. The zero-order valence-electron chi connectivity index (χ0n) is 16.1. The van der Waals surface area contributed by atoms with E-state index >= 15 is 0 Å². The van der Waals surface area contributed by atoms with Crippen molar-refractivity contribution in [3.05, 3.63) is 12.2 Å². The van der Waals surface area contributed by atoms with Gasteiger partial charge in [-0.3, -0.25) is 4.79 Å². The number of hydrogen-bond acceptors (Lipinski definition) is 2. The van der Waals surface area contributed by atoms with Crippen molar-refractivity contribution < 1.29 is 9.53 Å². The van der Waals surface area contributed by atoms with Gasteiger partial charge >= 0.3 is 5.97 Å². The van der Waals surface area contributed by atoms with Crippen molar-refractivity contribution in [2.45, 2.75) is 71.3 Å². The van der Waals surface area contributed by atoms with Crippen LogP contribution in [0.4, 0.5) is 0 Å². The number of esters is 1. The first-order chi connectivity index (χ1) is 11.9. The van der Waals surface area contributed by atoms with Gasteiger partial charge in [-0.1, -0.05) is 44.3 Å². The largest absolute Gasteiger partial charge is 0.460 e. The lowest BCUT2D eigenvalue weighted by Crippen LogP contribution is -2.45. The number of fused-ring (bicyclic) bond motifs is 9. The van der Waals surface area contributed by atoms with E-state index in [0.717, 1.165) is 35.5 Å². The van der Waals surface area contributed by atoms with Gasteiger partial charge in [-0.2, -0.15) is 0 Å². The van der Waals surface area contributed by atoms with Crippen LogP contribution in [0.25, 0.3) is 0 Å². The van der Waals surface area contributed by atoms with E-state index in [1.807, 2.05) is 20.8 Å². The molecule has 5 aliphatic carbocycles. The van der Waals surface area contributed by atoms with E-state index in [1.54, 1.807) is 0 Å². The van der Waals surface area contributed by atoms with Gasteiger partial charge in [0, 0.05) is 0 Å². The molecule has 2 nitrogen and oxygen atoms in total. The van der Waals surface area contributed by atoms with Crippen LogP contribution in [0.5, 0.6) is 0 Å². The highest BCUT2D eigenvalue weighted by Gasteiger charge is 2.67. The number of hydrogen-bond donors (Lipinski definition) is 0. The molecule has 5 rings (SSSR count). The third kappa shape index (κ3) is 2.46. The van der Waals surface area contributed by atoms with Gasteiger partial charge in [-0.05, 0) is 81.0 Å². The molecule has 138 valence electrons. The molecule has 0 aromatic rings. The van der Waals surface area contributed by atoms with Gasteiger partial charge in [0.1, 0.15) is 5.60 Å². The number of rotatable bonds is 2. The Kier molecular flexibility index (Phi) is 3.67. The van der Waals surface area contributed by atoms with Gasteiger partial charge in [0.25, 0.3) is 0 Å². The molecule has 2 heteroatoms. The number of allylic oxidation sites excluding steroid dienone is 2. The molecule has 0 heterocycles. The van der Waals surface area contributed by atoms with Gasteiger partial charge < -0.3 is 4.74 Å². The predicted molar refractivity (Wildman–Crippen MR) is 98.7 cm³/mol. The summed E-state index contributed by atoms with van der Waals surface area (Å²) in [5.74, 6) is 6.43. The maximum atomic E-state index is 13.3. The first kappa shape index (κ1) is 16.4. The van der Waals surface area contributed by atoms with Crippen LogP contribution >= 0.6 is 0 Å². The van der Waals surface area contributed by atoms with Crippen LogP contribution in [-0.4, -0.2) is 11.6 Å². The van der Waals surface area contributed by atoms with Crippen LogP contribution in [0, 0.1) is 53.3 Å². The molecule has 5 aliphatic rings. The molecule has 8 atom stereocenters. The second-order valence-electron chi connectivity index (χ2n) is 10.7. The van der Waals surface area contributed by atoms with Crippen molar-refractivity contribution in [2.24, 2.45) is 53.3 Å². The SMILES string of the molecule is CC(C)(C)OC(=O)C1C2CC(C1C1CCCCC1)C1C3C=CC(C3)C21. The van der Waals surface area contributed by atoms with Crippen LogP contribution in [0.15, 0.2) is 12.2 Å². The molecule has 0 aliphatic heterocycles. The maximum Gasteiger partial charge on any atom is 0.310 e. The number of carbonyl (C=O) groups excluding carboxylic acids is 1. The molecule has 4 bridgehead atoms. The zero-order chi connectivity index (χ0) is 17.3. The molecule has 8 unspecified atom stereocenters. The second kappa shape index (κ2) is 5.60. The molecule has 25 heavy (non-hydrogen) atoms. The summed E-state index contributed by atoms with van der Waals surface area (Å²) in [5, 5.41) is 0. The van der Waals surface area contributed by atoms with E-state index in [1.165, 1.54) is 44.9 Å². The number of carbonyl (C=O) groups is 1. The third-order valence-electron chi connectivity index (χ3n) is 8.36. The van der Waals surface area contributed by atoms with E-state index < -0.39 is 0 Å². The average molecular weight is 343 g/mol. The molecule has 0 amide bonds. The fourth-order valence-corrected chi connectivity index (χ4v) is 7.95. The third-order valence-corrected chi connectivity index (χ3v) is 8.36. The molecule has 0 saturated heterocycles. The zero-order valence-corrected chi connectivity index (χ0v) is 16.1. The Labute approximate surface area is 152 Å². The van der Waals surface area contributed by atoms with E-state index in [-0.39, 0.29) is 17.5 Å². The molecular formula is C23H34O2. The molecule has 0 radical (unpaired) electrons.